The summed E-state index contributed by atoms with van der Waals surface area (Å²) in [6.07, 6.45) is -7.31. The molecule has 2 aliphatic heterocycles. The number of carboxylic acids is 3. The highest BCUT2D eigenvalue weighted by molar-refractivity contribution is 5.73. The molecule has 4 heterocycles. The van der Waals surface area contributed by atoms with Gasteiger partial charge in [-0.05, 0) is 30.5 Å². The predicted molar refractivity (Wildman–Crippen MR) is 127 cm³/mol. The van der Waals surface area contributed by atoms with E-state index in [9.17, 15) is 39.5 Å². The van der Waals surface area contributed by atoms with E-state index in [1.54, 1.807) is 6.20 Å². The van der Waals surface area contributed by atoms with Crippen LogP contribution in [0.25, 0.3) is 0 Å². The fourth-order valence-corrected chi connectivity index (χ4v) is 3.59. The zero-order valence-corrected chi connectivity index (χ0v) is 22.0. The van der Waals surface area contributed by atoms with Crippen molar-refractivity contribution in [2.24, 2.45) is 0 Å². The van der Waals surface area contributed by atoms with Crippen LogP contribution in [0.1, 0.15) is 18.4 Å². The van der Waals surface area contributed by atoms with Gasteiger partial charge in [0.25, 0.3) is 0 Å². The molecule has 2 aromatic rings. The van der Waals surface area contributed by atoms with E-state index >= 15 is 0 Å². The number of hydrogen-bond acceptors (Lipinski definition) is 8. The second-order valence-corrected chi connectivity index (χ2v) is 8.57. The standard InChI is InChI=1S/C18H21N3O2.3C2HF3O2/c1-2-9-20-17(7-1)23-16-13-21(12-14-5-3-8-19-11-14)15-6-4-10-22-18(15)16;3*3-2(4,5)1(6)7/h1-3,5,7-9,11,15-16,18H,4,6,10,12-13H2;3*(H,6,7)/t15-,16-,18+;;;/m1.../s1. The van der Waals surface area contributed by atoms with Gasteiger partial charge in [-0.3, -0.25) is 9.88 Å². The highest BCUT2D eigenvalue weighted by atomic mass is 19.4. The number of carbonyl (C=O) groups is 3. The Hall–Kier alpha value is -4.20. The van der Waals surface area contributed by atoms with E-state index in [2.05, 4.69) is 20.9 Å². The molecular formula is C24H24F9N3O8. The van der Waals surface area contributed by atoms with Crippen molar-refractivity contribution < 1.29 is 78.7 Å². The summed E-state index contributed by atoms with van der Waals surface area (Å²) in [6.45, 7) is 2.57. The molecule has 0 amide bonds. The largest absolute Gasteiger partial charge is 0.490 e. The van der Waals surface area contributed by atoms with Crippen molar-refractivity contribution in [2.75, 3.05) is 13.2 Å². The van der Waals surface area contributed by atoms with Crippen molar-refractivity contribution in [1.82, 2.24) is 14.9 Å². The lowest BCUT2D eigenvalue weighted by atomic mass is 10.0. The van der Waals surface area contributed by atoms with Gasteiger partial charge in [-0.25, -0.2) is 19.4 Å². The lowest BCUT2D eigenvalue weighted by molar-refractivity contribution is -0.193. The topological polar surface area (TPSA) is 159 Å². The molecule has 0 aromatic carbocycles. The smallest absolute Gasteiger partial charge is 0.475 e. The van der Waals surface area contributed by atoms with E-state index in [0.717, 1.165) is 32.5 Å². The van der Waals surface area contributed by atoms with E-state index < -0.39 is 36.4 Å². The van der Waals surface area contributed by atoms with Gasteiger partial charge in [0, 0.05) is 50.4 Å². The zero-order valence-electron chi connectivity index (χ0n) is 22.0. The van der Waals surface area contributed by atoms with Crippen LogP contribution in [-0.2, 0) is 25.7 Å². The van der Waals surface area contributed by atoms with Crippen LogP contribution in [-0.4, -0.2) is 98.0 Å². The third-order valence-electron chi connectivity index (χ3n) is 5.33. The monoisotopic (exact) mass is 653 g/mol. The summed E-state index contributed by atoms with van der Waals surface area (Å²) in [5.74, 6) is -7.60. The van der Waals surface area contributed by atoms with Crippen molar-refractivity contribution in [1.29, 1.82) is 0 Å². The third-order valence-corrected chi connectivity index (χ3v) is 5.33. The molecule has 20 heteroatoms. The number of hydrogen-bond donors (Lipinski definition) is 3. The van der Waals surface area contributed by atoms with Crippen LogP contribution in [0.4, 0.5) is 39.5 Å². The first-order valence-corrected chi connectivity index (χ1v) is 12.0. The molecule has 2 aliphatic rings. The van der Waals surface area contributed by atoms with Crippen LogP contribution in [0.3, 0.4) is 0 Å². The van der Waals surface area contributed by atoms with Gasteiger partial charge in [-0.2, -0.15) is 39.5 Å². The van der Waals surface area contributed by atoms with Gasteiger partial charge in [0.1, 0.15) is 12.2 Å². The normalized spacial score (nSPS) is 19.8. The Kier molecular flexibility index (Phi) is 14.3. The molecule has 2 fully saturated rings. The van der Waals surface area contributed by atoms with E-state index in [0.29, 0.717) is 11.9 Å². The van der Waals surface area contributed by atoms with E-state index in [1.165, 1.54) is 5.56 Å². The molecule has 3 atom stereocenters. The van der Waals surface area contributed by atoms with Gasteiger partial charge in [0.2, 0.25) is 5.88 Å². The summed E-state index contributed by atoms with van der Waals surface area (Å²) in [4.78, 5) is 37.7. The number of aromatic nitrogens is 2. The summed E-state index contributed by atoms with van der Waals surface area (Å²) < 4.78 is 107. The molecule has 4 rings (SSSR count). The summed E-state index contributed by atoms with van der Waals surface area (Å²) in [6, 6.07) is 10.3. The van der Waals surface area contributed by atoms with Crippen molar-refractivity contribution in [3.05, 3.63) is 54.5 Å². The summed E-state index contributed by atoms with van der Waals surface area (Å²) in [5.41, 5.74) is 1.23. The number of alkyl halides is 9. The Balaban J connectivity index is 0.000000379. The first-order chi connectivity index (χ1) is 20.2. The Morgan fingerprint density at radius 1 is 0.864 bits per heavy atom. The third kappa shape index (κ3) is 13.8. The van der Waals surface area contributed by atoms with Gasteiger partial charge in [-0.15, -0.1) is 0 Å². The average molecular weight is 653 g/mol. The molecule has 2 saturated heterocycles. The second-order valence-electron chi connectivity index (χ2n) is 8.57. The van der Waals surface area contributed by atoms with Gasteiger partial charge >= 0.3 is 36.4 Å². The number of ether oxygens (including phenoxy) is 2. The van der Waals surface area contributed by atoms with Crippen molar-refractivity contribution >= 4 is 17.9 Å². The minimum Gasteiger partial charge on any atom is -0.475 e. The quantitative estimate of drug-likeness (QED) is 0.407. The number of aliphatic carboxylic acids is 3. The number of carboxylic acid groups (broad SMARTS) is 3. The lowest BCUT2D eigenvalue weighted by Crippen LogP contribution is -2.42. The Bertz CT molecular complexity index is 1070. The predicted octanol–water partition coefficient (Wildman–Crippen LogP) is 4.19. The SMILES string of the molecule is O=C(O)C(F)(F)F.O=C(O)C(F)(F)F.O=C(O)C(F)(F)F.c1ccc(O[C@@H]2CN(Cc3cccnc3)[C@@H]3CCCO[C@@H]32)nc1. The van der Waals surface area contributed by atoms with E-state index in [1.807, 2.05) is 36.7 Å². The zero-order chi connectivity index (χ0) is 33.7. The maximum absolute atomic E-state index is 10.6. The molecule has 11 nitrogen and oxygen atoms in total. The average Bonchev–Trinajstić information content (AvgIpc) is 3.26. The first-order valence-electron chi connectivity index (χ1n) is 12.0. The number of pyridine rings is 2. The molecule has 2 aromatic heterocycles. The molecule has 44 heavy (non-hydrogen) atoms. The summed E-state index contributed by atoms with van der Waals surface area (Å²) in [7, 11) is 0. The van der Waals surface area contributed by atoms with Crippen molar-refractivity contribution in [3.8, 4) is 5.88 Å². The lowest BCUT2D eigenvalue weighted by Gasteiger charge is -2.32. The van der Waals surface area contributed by atoms with Crippen LogP contribution >= 0.6 is 0 Å². The highest BCUT2D eigenvalue weighted by Gasteiger charge is 2.45. The second kappa shape index (κ2) is 16.6. The maximum Gasteiger partial charge on any atom is 0.490 e. The van der Waals surface area contributed by atoms with Gasteiger partial charge < -0.3 is 24.8 Å². The van der Waals surface area contributed by atoms with Gasteiger partial charge in [0.05, 0.1) is 0 Å². The molecular weight excluding hydrogens is 629 g/mol. The minimum absolute atomic E-state index is 0.0341. The van der Waals surface area contributed by atoms with Crippen molar-refractivity contribution in [2.45, 2.75) is 56.2 Å². The van der Waals surface area contributed by atoms with Crippen LogP contribution in [0.15, 0.2) is 48.9 Å². The summed E-state index contributed by atoms with van der Waals surface area (Å²) >= 11 is 0. The highest BCUT2D eigenvalue weighted by Crippen LogP contribution is 2.32. The number of halogens is 9. The fourth-order valence-electron chi connectivity index (χ4n) is 3.59. The molecule has 0 spiro atoms. The number of fused-ring (bicyclic) bond motifs is 1. The Labute approximate surface area is 241 Å². The first kappa shape index (κ1) is 37.8. The molecule has 0 bridgehead atoms. The molecule has 0 saturated carbocycles. The van der Waals surface area contributed by atoms with E-state index in [-0.39, 0.29) is 12.2 Å². The number of nitrogens with zero attached hydrogens (tertiary/aromatic N) is 3. The van der Waals surface area contributed by atoms with E-state index in [4.69, 9.17) is 39.2 Å². The Morgan fingerprint density at radius 3 is 1.84 bits per heavy atom. The van der Waals surface area contributed by atoms with Crippen LogP contribution in [0.5, 0.6) is 5.88 Å². The number of likely N-dealkylation sites (tertiary alicyclic amines) is 1. The fraction of sp³-hybridized carbons (Fsp3) is 0.458. The van der Waals surface area contributed by atoms with Gasteiger partial charge in [-0.1, -0.05) is 12.1 Å². The van der Waals surface area contributed by atoms with Crippen LogP contribution in [0, 0.1) is 0 Å². The van der Waals surface area contributed by atoms with Crippen LogP contribution < -0.4 is 4.74 Å². The Morgan fingerprint density at radius 2 is 1.41 bits per heavy atom. The molecule has 246 valence electrons. The molecule has 0 radical (unpaired) electrons. The van der Waals surface area contributed by atoms with Crippen LogP contribution in [0.2, 0.25) is 0 Å². The maximum atomic E-state index is 10.6. The van der Waals surface area contributed by atoms with Gasteiger partial charge in [0.15, 0.2) is 0 Å². The number of rotatable bonds is 4. The molecule has 3 N–H and O–H groups in total. The van der Waals surface area contributed by atoms with Crippen molar-refractivity contribution in [3.63, 3.8) is 0 Å². The molecule has 0 unspecified atom stereocenters. The summed E-state index contributed by atoms with van der Waals surface area (Å²) in [5, 5.41) is 21.4. The molecule has 0 aliphatic carbocycles. The minimum atomic E-state index is -5.08.